The lowest BCUT2D eigenvalue weighted by Gasteiger charge is -2.13. The second-order valence-corrected chi connectivity index (χ2v) is 7.57. The summed E-state index contributed by atoms with van der Waals surface area (Å²) in [5.74, 6) is 1.49. The van der Waals surface area contributed by atoms with Crippen molar-refractivity contribution in [2.75, 3.05) is 23.8 Å². The summed E-state index contributed by atoms with van der Waals surface area (Å²) >= 11 is 0. The van der Waals surface area contributed by atoms with Crippen LogP contribution < -0.4 is 20.1 Å². The van der Waals surface area contributed by atoms with Crippen LogP contribution in [0, 0.1) is 6.92 Å². The van der Waals surface area contributed by atoms with Gasteiger partial charge in [0.15, 0.2) is 0 Å². The van der Waals surface area contributed by atoms with Crippen LogP contribution in [0.15, 0.2) is 72.8 Å². The normalized spacial score (nSPS) is 10.6. The topological polar surface area (TPSA) is 72.5 Å². The number of anilines is 2. The zero-order valence-electron chi connectivity index (χ0n) is 19.0. The Hall–Kier alpha value is -4.06. The van der Waals surface area contributed by atoms with E-state index in [1.54, 1.807) is 12.1 Å². The Kier molecular flexibility index (Phi) is 6.74. The van der Waals surface area contributed by atoms with Gasteiger partial charge in [-0.3, -0.25) is 0 Å². The first-order valence-electron chi connectivity index (χ1n) is 11.0. The molecule has 1 heterocycles. The lowest BCUT2D eigenvalue weighted by Crippen LogP contribution is -2.19. The molecular formula is C27H27N3O3. The minimum Gasteiger partial charge on any atom is -0.494 e. The molecule has 6 heteroatoms. The van der Waals surface area contributed by atoms with E-state index in [4.69, 9.17) is 14.5 Å². The molecule has 2 N–H and O–H groups in total. The van der Waals surface area contributed by atoms with Crippen LogP contribution in [0.3, 0.4) is 0 Å². The molecule has 0 unspecified atom stereocenters. The van der Waals surface area contributed by atoms with Crippen LogP contribution in [-0.4, -0.2) is 24.2 Å². The smallest absolute Gasteiger partial charge is 0.323 e. The summed E-state index contributed by atoms with van der Waals surface area (Å²) in [7, 11) is 0. The predicted molar refractivity (Wildman–Crippen MR) is 133 cm³/mol. The number of carbonyl (C=O) groups is 1. The Balaban J connectivity index is 1.56. The Bertz CT molecular complexity index is 1250. The van der Waals surface area contributed by atoms with E-state index in [1.165, 1.54) is 5.56 Å². The fraction of sp³-hybridized carbons (Fsp3) is 0.185. The van der Waals surface area contributed by atoms with Gasteiger partial charge >= 0.3 is 6.03 Å². The molecule has 0 saturated carbocycles. The molecule has 4 rings (SSSR count). The minimum absolute atomic E-state index is 0.333. The summed E-state index contributed by atoms with van der Waals surface area (Å²) in [6.07, 6.45) is 0. The maximum Gasteiger partial charge on any atom is 0.323 e. The molecule has 0 spiro atoms. The number of aryl methyl sites for hydroxylation is 1. The summed E-state index contributed by atoms with van der Waals surface area (Å²) in [5.41, 5.74) is 5.20. The third-order valence-electron chi connectivity index (χ3n) is 5.10. The van der Waals surface area contributed by atoms with Crippen molar-refractivity contribution in [1.82, 2.24) is 4.98 Å². The first-order chi connectivity index (χ1) is 16.1. The van der Waals surface area contributed by atoms with E-state index < -0.39 is 0 Å². The summed E-state index contributed by atoms with van der Waals surface area (Å²) < 4.78 is 11.3. The third kappa shape index (κ3) is 5.41. The van der Waals surface area contributed by atoms with Gasteiger partial charge in [-0.25, -0.2) is 9.78 Å². The lowest BCUT2D eigenvalue weighted by molar-refractivity contribution is 0.262. The first-order valence-corrected chi connectivity index (χ1v) is 11.0. The Morgan fingerprint density at radius 1 is 0.818 bits per heavy atom. The van der Waals surface area contributed by atoms with Gasteiger partial charge in [0.05, 0.1) is 24.4 Å². The number of hydrogen-bond donors (Lipinski definition) is 2. The van der Waals surface area contributed by atoms with Crippen molar-refractivity contribution in [3.05, 3.63) is 78.4 Å². The van der Waals surface area contributed by atoms with Gasteiger partial charge in [-0.2, -0.15) is 0 Å². The Morgan fingerprint density at radius 3 is 2.18 bits per heavy atom. The van der Waals surface area contributed by atoms with Crippen LogP contribution in [0.1, 0.15) is 19.4 Å². The van der Waals surface area contributed by atoms with Crippen molar-refractivity contribution in [2.24, 2.45) is 0 Å². The van der Waals surface area contributed by atoms with E-state index in [2.05, 4.69) is 41.8 Å². The van der Waals surface area contributed by atoms with Crippen LogP contribution in [0.4, 0.5) is 16.2 Å². The molecule has 0 aliphatic heterocycles. The van der Waals surface area contributed by atoms with Crippen molar-refractivity contribution in [3.8, 4) is 22.8 Å². The second-order valence-electron chi connectivity index (χ2n) is 7.57. The Labute approximate surface area is 193 Å². The number of nitrogens with zero attached hydrogens (tertiary/aromatic N) is 1. The van der Waals surface area contributed by atoms with Crippen molar-refractivity contribution in [2.45, 2.75) is 20.8 Å². The average molecular weight is 442 g/mol. The van der Waals surface area contributed by atoms with Crippen molar-refractivity contribution in [3.63, 3.8) is 0 Å². The van der Waals surface area contributed by atoms with Crippen LogP contribution in [0.25, 0.3) is 22.2 Å². The molecule has 6 nitrogen and oxygen atoms in total. The van der Waals surface area contributed by atoms with Gasteiger partial charge in [0.1, 0.15) is 11.5 Å². The molecule has 0 saturated heterocycles. The molecule has 3 aromatic carbocycles. The third-order valence-corrected chi connectivity index (χ3v) is 5.10. The second kappa shape index (κ2) is 10.0. The van der Waals surface area contributed by atoms with E-state index in [0.29, 0.717) is 24.6 Å². The van der Waals surface area contributed by atoms with Gasteiger partial charge in [-0.15, -0.1) is 0 Å². The zero-order chi connectivity index (χ0) is 23.2. The maximum atomic E-state index is 12.5. The fourth-order valence-electron chi connectivity index (χ4n) is 3.51. The van der Waals surface area contributed by atoms with Crippen molar-refractivity contribution >= 4 is 28.3 Å². The number of rotatable bonds is 7. The summed E-state index contributed by atoms with van der Waals surface area (Å²) in [6.45, 7) is 7.07. The summed E-state index contributed by atoms with van der Waals surface area (Å²) in [5, 5.41) is 6.55. The number of benzene rings is 3. The number of amides is 2. The molecule has 1 aromatic heterocycles. The average Bonchev–Trinajstić information content (AvgIpc) is 2.81. The molecule has 2 amide bonds. The van der Waals surface area contributed by atoms with E-state index in [-0.39, 0.29) is 6.03 Å². The van der Waals surface area contributed by atoms with E-state index in [1.807, 2.05) is 50.2 Å². The molecule has 168 valence electrons. The summed E-state index contributed by atoms with van der Waals surface area (Å²) in [4.78, 5) is 17.3. The number of carbonyl (C=O) groups excluding carboxylic acids is 1. The van der Waals surface area contributed by atoms with E-state index in [9.17, 15) is 4.79 Å². The van der Waals surface area contributed by atoms with Crippen molar-refractivity contribution < 1.29 is 14.3 Å². The fourth-order valence-corrected chi connectivity index (χ4v) is 3.51. The maximum absolute atomic E-state index is 12.5. The highest BCUT2D eigenvalue weighted by Crippen LogP contribution is 2.32. The molecule has 0 atom stereocenters. The highest BCUT2D eigenvalue weighted by molar-refractivity contribution is 6.01. The first kappa shape index (κ1) is 22.1. The summed E-state index contributed by atoms with van der Waals surface area (Å²) in [6, 6.07) is 22.7. The van der Waals surface area contributed by atoms with Crippen LogP contribution in [-0.2, 0) is 0 Å². The number of aromatic nitrogens is 1. The molecule has 0 fully saturated rings. The van der Waals surface area contributed by atoms with Gasteiger partial charge in [0, 0.05) is 28.4 Å². The van der Waals surface area contributed by atoms with Crippen LogP contribution >= 0.6 is 0 Å². The Morgan fingerprint density at radius 2 is 1.48 bits per heavy atom. The molecule has 0 bridgehead atoms. The molecule has 0 aliphatic rings. The minimum atomic E-state index is -0.333. The quantitative estimate of drug-likeness (QED) is 0.337. The van der Waals surface area contributed by atoms with Gasteiger partial charge < -0.3 is 20.1 Å². The molecule has 4 aromatic rings. The van der Waals surface area contributed by atoms with Gasteiger partial charge in [-0.05, 0) is 63.2 Å². The molecule has 0 aliphatic carbocycles. The lowest BCUT2D eigenvalue weighted by atomic mass is 10.1. The zero-order valence-corrected chi connectivity index (χ0v) is 19.0. The number of nitrogens with one attached hydrogen (secondary N) is 2. The predicted octanol–water partition coefficient (Wildman–Crippen LogP) is 6.65. The number of ether oxygens (including phenoxy) is 2. The standard InChI is InChI=1S/C27H27N3O3/c1-4-32-22-13-10-20(11-14-22)28-27(31)29-21-12-15-24-23(16-21)26(33-5-2)17-25(30-24)19-8-6-18(3)7-9-19/h6-17H,4-5H2,1-3H3,(H2,28,29,31). The van der Waals surface area contributed by atoms with Gasteiger partial charge in [0.2, 0.25) is 0 Å². The number of fused-ring (bicyclic) bond motifs is 1. The van der Waals surface area contributed by atoms with E-state index in [0.717, 1.165) is 33.7 Å². The van der Waals surface area contributed by atoms with Gasteiger partial charge in [0.25, 0.3) is 0 Å². The monoisotopic (exact) mass is 441 g/mol. The highest BCUT2D eigenvalue weighted by Gasteiger charge is 2.11. The highest BCUT2D eigenvalue weighted by atomic mass is 16.5. The van der Waals surface area contributed by atoms with Crippen molar-refractivity contribution in [1.29, 1.82) is 0 Å². The van der Waals surface area contributed by atoms with Crippen LogP contribution in [0.5, 0.6) is 11.5 Å². The van der Waals surface area contributed by atoms with E-state index >= 15 is 0 Å². The molecule has 33 heavy (non-hydrogen) atoms. The number of hydrogen-bond acceptors (Lipinski definition) is 4. The number of pyridine rings is 1. The van der Waals surface area contributed by atoms with Gasteiger partial charge in [-0.1, -0.05) is 29.8 Å². The van der Waals surface area contributed by atoms with Crippen LogP contribution in [0.2, 0.25) is 0 Å². The molecular weight excluding hydrogens is 414 g/mol. The largest absolute Gasteiger partial charge is 0.494 e. The number of urea groups is 1. The SMILES string of the molecule is CCOc1ccc(NC(=O)Nc2ccc3nc(-c4ccc(C)cc4)cc(OCC)c3c2)cc1. The molecule has 0 radical (unpaired) electrons.